The summed E-state index contributed by atoms with van der Waals surface area (Å²) >= 11 is 3.37. The molecule has 2 amide bonds. The number of carbonyl (C=O) groups is 2. The van der Waals surface area contributed by atoms with Gasteiger partial charge in [0.25, 0.3) is 0 Å². The fourth-order valence-corrected chi connectivity index (χ4v) is 2.33. The fourth-order valence-electron chi connectivity index (χ4n) is 1.95. The molecule has 102 valence electrons. The molecule has 0 aromatic heterocycles. The van der Waals surface area contributed by atoms with Gasteiger partial charge in [-0.2, -0.15) is 0 Å². The van der Waals surface area contributed by atoms with Crippen LogP contribution in [0.25, 0.3) is 0 Å². The first-order chi connectivity index (χ1) is 9.15. The average Bonchev–Trinajstić information content (AvgIpc) is 2.78. The van der Waals surface area contributed by atoms with Crippen molar-refractivity contribution in [2.24, 2.45) is 0 Å². The maximum atomic E-state index is 11.7. The number of amides is 2. The SMILES string of the molecule is O=C(CNCC1CCC(=O)N1)Nc1ccccc1Br. The molecule has 2 rings (SSSR count). The summed E-state index contributed by atoms with van der Waals surface area (Å²) in [5, 5.41) is 8.70. The summed E-state index contributed by atoms with van der Waals surface area (Å²) in [6.45, 7) is 0.850. The molecule has 5 nitrogen and oxygen atoms in total. The summed E-state index contributed by atoms with van der Waals surface area (Å²) in [7, 11) is 0. The zero-order valence-electron chi connectivity index (χ0n) is 10.4. The second-order valence-corrected chi connectivity index (χ2v) is 5.32. The quantitative estimate of drug-likeness (QED) is 0.763. The molecule has 6 heteroatoms. The van der Waals surface area contributed by atoms with Gasteiger partial charge in [0.1, 0.15) is 0 Å². The Morgan fingerprint density at radius 3 is 2.89 bits per heavy atom. The number of halogens is 1. The largest absolute Gasteiger partial charge is 0.352 e. The molecule has 1 aliphatic rings. The standard InChI is InChI=1S/C13H16BrN3O2/c14-10-3-1-2-4-11(10)17-13(19)8-15-7-9-5-6-12(18)16-9/h1-4,9,15H,5-8H2,(H,16,18)(H,17,19). The molecule has 1 fully saturated rings. The monoisotopic (exact) mass is 325 g/mol. The van der Waals surface area contributed by atoms with Gasteiger partial charge in [0.15, 0.2) is 0 Å². The number of para-hydroxylation sites is 1. The predicted molar refractivity (Wildman–Crippen MR) is 76.8 cm³/mol. The van der Waals surface area contributed by atoms with Crippen LogP contribution in [0.15, 0.2) is 28.7 Å². The van der Waals surface area contributed by atoms with E-state index in [0.717, 1.165) is 16.6 Å². The summed E-state index contributed by atoms with van der Waals surface area (Å²) in [5.41, 5.74) is 0.753. The van der Waals surface area contributed by atoms with Crippen molar-refractivity contribution in [2.75, 3.05) is 18.4 Å². The summed E-state index contributed by atoms with van der Waals surface area (Å²) in [6, 6.07) is 7.60. The lowest BCUT2D eigenvalue weighted by Crippen LogP contribution is -2.38. The van der Waals surface area contributed by atoms with Crippen LogP contribution < -0.4 is 16.0 Å². The number of hydrogen-bond donors (Lipinski definition) is 3. The zero-order chi connectivity index (χ0) is 13.7. The average molecular weight is 326 g/mol. The lowest BCUT2D eigenvalue weighted by molar-refractivity contribution is -0.119. The smallest absolute Gasteiger partial charge is 0.238 e. The Labute approximate surface area is 120 Å². The van der Waals surface area contributed by atoms with E-state index in [-0.39, 0.29) is 24.4 Å². The molecule has 1 saturated heterocycles. The van der Waals surface area contributed by atoms with Crippen molar-refractivity contribution in [1.82, 2.24) is 10.6 Å². The van der Waals surface area contributed by atoms with Gasteiger partial charge in [-0.3, -0.25) is 9.59 Å². The molecule has 3 N–H and O–H groups in total. The van der Waals surface area contributed by atoms with E-state index in [1.165, 1.54) is 0 Å². The minimum absolute atomic E-state index is 0.0875. The molecular formula is C13H16BrN3O2. The van der Waals surface area contributed by atoms with Gasteiger partial charge in [-0.05, 0) is 34.5 Å². The maximum Gasteiger partial charge on any atom is 0.238 e. The molecular weight excluding hydrogens is 310 g/mol. The number of benzene rings is 1. The molecule has 0 aliphatic carbocycles. The van der Waals surface area contributed by atoms with Crippen LogP contribution in [0.2, 0.25) is 0 Å². The van der Waals surface area contributed by atoms with Crippen molar-refractivity contribution >= 4 is 33.4 Å². The maximum absolute atomic E-state index is 11.7. The molecule has 1 aromatic rings. The van der Waals surface area contributed by atoms with Crippen LogP contribution >= 0.6 is 15.9 Å². The van der Waals surface area contributed by atoms with E-state index in [0.29, 0.717) is 13.0 Å². The minimum Gasteiger partial charge on any atom is -0.352 e. The number of hydrogen-bond acceptors (Lipinski definition) is 3. The molecule has 0 bridgehead atoms. The Kier molecular flexibility index (Phi) is 4.93. The second-order valence-electron chi connectivity index (χ2n) is 4.46. The normalized spacial score (nSPS) is 18.2. The van der Waals surface area contributed by atoms with Crippen molar-refractivity contribution in [3.63, 3.8) is 0 Å². The highest BCUT2D eigenvalue weighted by Crippen LogP contribution is 2.20. The van der Waals surface area contributed by atoms with E-state index < -0.39 is 0 Å². The van der Waals surface area contributed by atoms with Gasteiger partial charge in [-0.15, -0.1) is 0 Å². The Morgan fingerprint density at radius 2 is 2.21 bits per heavy atom. The van der Waals surface area contributed by atoms with Crippen molar-refractivity contribution in [3.05, 3.63) is 28.7 Å². The third kappa shape index (κ3) is 4.33. The first-order valence-corrected chi connectivity index (χ1v) is 6.99. The van der Waals surface area contributed by atoms with Crippen molar-refractivity contribution in [1.29, 1.82) is 0 Å². The van der Waals surface area contributed by atoms with Crippen LogP contribution in [0.5, 0.6) is 0 Å². The highest BCUT2D eigenvalue weighted by molar-refractivity contribution is 9.10. The van der Waals surface area contributed by atoms with E-state index in [2.05, 4.69) is 31.9 Å². The summed E-state index contributed by atoms with van der Waals surface area (Å²) in [6.07, 6.45) is 1.41. The van der Waals surface area contributed by atoms with Gasteiger partial charge in [0.2, 0.25) is 11.8 Å². The third-order valence-corrected chi connectivity index (χ3v) is 3.60. The number of rotatable bonds is 5. The van der Waals surface area contributed by atoms with Crippen LogP contribution in [0, 0.1) is 0 Å². The molecule has 1 aromatic carbocycles. The third-order valence-electron chi connectivity index (χ3n) is 2.91. The number of anilines is 1. The lowest BCUT2D eigenvalue weighted by Gasteiger charge is -2.11. The van der Waals surface area contributed by atoms with E-state index in [1.807, 2.05) is 24.3 Å². The van der Waals surface area contributed by atoms with Gasteiger partial charge in [0, 0.05) is 23.5 Å². The molecule has 0 spiro atoms. The van der Waals surface area contributed by atoms with Crippen molar-refractivity contribution in [2.45, 2.75) is 18.9 Å². The number of carbonyl (C=O) groups excluding carboxylic acids is 2. The molecule has 1 unspecified atom stereocenters. The minimum atomic E-state index is -0.101. The topological polar surface area (TPSA) is 70.2 Å². The number of nitrogens with one attached hydrogen (secondary N) is 3. The molecule has 19 heavy (non-hydrogen) atoms. The van der Waals surface area contributed by atoms with E-state index in [4.69, 9.17) is 0 Å². The van der Waals surface area contributed by atoms with Gasteiger partial charge in [-0.25, -0.2) is 0 Å². The Bertz CT molecular complexity index is 479. The van der Waals surface area contributed by atoms with Crippen LogP contribution in [-0.4, -0.2) is 30.9 Å². The summed E-state index contributed by atoms with van der Waals surface area (Å²) in [5.74, 6) is -0.0132. The van der Waals surface area contributed by atoms with Crippen LogP contribution in [-0.2, 0) is 9.59 Å². The van der Waals surface area contributed by atoms with Gasteiger partial charge in [0.05, 0.1) is 12.2 Å². The van der Waals surface area contributed by atoms with Crippen LogP contribution in [0.1, 0.15) is 12.8 Å². The summed E-state index contributed by atoms with van der Waals surface area (Å²) in [4.78, 5) is 22.7. The Balaban J connectivity index is 1.70. The van der Waals surface area contributed by atoms with Gasteiger partial charge in [-0.1, -0.05) is 12.1 Å². The zero-order valence-corrected chi connectivity index (χ0v) is 12.0. The van der Waals surface area contributed by atoms with Crippen molar-refractivity contribution in [3.8, 4) is 0 Å². The van der Waals surface area contributed by atoms with Crippen LogP contribution in [0.3, 0.4) is 0 Å². The van der Waals surface area contributed by atoms with Crippen molar-refractivity contribution < 1.29 is 9.59 Å². The molecule has 0 radical (unpaired) electrons. The highest BCUT2D eigenvalue weighted by atomic mass is 79.9. The molecule has 0 saturated carbocycles. The molecule has 1 heterocycles. The van der Waals surface area contributed by atoms with E-state index in [1.54, 1.807) is 0 Å². The Morgan fingerprint density at radius 1 is 1.42 bits per heavy atom. The van der Waals surface area contributed by atoms with E-state index in [9.17, 15) is 9.59 Å². The summed E-state index contributed by atoms with van der Waals surface area (Å²) < 4.78 is 0.853. The van der Waals surface area contributed by atoms with Gasteiger partial charge < -0.3 is 16.0 Å². The first-order valence-electron chi connectivity index (χ1n) is 6.19. The fraction of sp³-hybridized carbons (Fsp3) is 0.385. The molecule has 1 aliphatic heterocycles. The molecule has 1 atom stereocenters. The highest BCUT2D eigenvalue weighted by Gasteiger charge is 2.20. The predicted octanol–water partition coefficient (Wildman–Crippen LogP) is 1.26. The lowest BCUT2D eigenvalue weighted by atomic mass is 10.2. The second kappa shape index (κ2) is 6.68. The van der Waals surface area contributed by atoms with Crippen LogP contribution in [0.4, 0.5) is 5.69 Å². The first kappa shape index (κ1) is 14.0. The Hall–Kier alpha value is -1.40. The van der Waals surface area contributed by atoms with Gasteiger partial charge >= 0.3 is 0 Å². The van der Waals surface area contributed by atoms with E-state index >= 15 is 0 Å².